The number of hydrogen-bond donors (Lipinski definition) is 2. The Bertz CT molecular complexity index is 402. The average molecular weight is 225 g/mol. The molecule has 0 radical (unpaired) electrons. The minimum Gasteiger partial charge on any atom is -0.481 e. The number of carboxylic acid groups (broad SMARTS) is 1. The first-order valence-corrected chi connectivity index (χ1v) is 5.06. The molecule has 0 unspecified atom stereocenters. The van der Waals surface area contributed by atoms with E-state index in [1.165, 1.54) is 6.07 Å². The van der Waals surface area contributed by atoms with Crippen molar-refractivity contribution < 1.29 is 14.3 Å². The highest BCUT2D eigenvalue weighted by atomic mass is 19.1. The Morgan fingerprint density at radius 3 is 2.62 bits per heavy atom. The summed E-state index contributed by atoms with van der Waals surface area (Å²) in [6, 6.07) is 4.80. The van der Waals surface area contributed by atoms with Gasteiger partial charge < -0.3 is 10.4 Å². The van der Waals surface area contributed by atoms with Gasteiger partial charge >= 0.3 is 5.97 Å². The lowest BCUT2D eigenvalue weighted by molar-refractivity contribution is -0.146. The molecule has 2 N–H and O–H groups in total. The van der Waals surface area contributed by atoms with E-state index < -0.39 is 11.4 Å². The molecule has 1 rings (SSSR count). The molecule has 0 amide bonds. The second-order valence-corrected chi connectivity index (χ2v) is 4.53. The molecular formula is C12H16FNO2. The zero-order valence-electron chi connectivity index (χ0n) is 9.67. The number of aliphatic carboxylic acids is 1. The van der Waals surface area contributed by atoms with Crippen molar-refractivity contribution in [3.63, 3.8) is 0 Å². The first-order valence-electron chi connectivity index (χ1n) is 5.06. The highest BCUT2D eigenvalue weighted by Crippen LogP contribution is 2.20. The van der Waals surface area contributed by atoms with E-state index in [0.29, 0.717) is 5.69 Å². The molecule has 0 aliphatic heterocycles. The van der Waals surface area contributed by atoms with Crippen LogP contribution in [0.2, 0.25) is 0 Å². The third kappa shape index (κ3) is 2.95. The Hall–Kier alpha value is -1.58. The molecule has 0 aliphatic rings. The Balaban J connectivity index is 2.72. The zero-order valence-corrected chi connectivity index (χ0v) is 9.67. The fourth-order valence-corrected chi connectivity index (χ4v) is 1.16. The molecule has 1 aromatic carbocycles. The van der Waals surface area contributed by atoms with E-state index in [0.717, 1.165) is 5.56 Å². The summed E-state index contributed by atoms with van der Waals surface area (Å²) in [6.07, 6.45) is 0. The first kappa shape index (κ1) is 12.5. The van der Waals surface area contributed by atoms with Crippen LogP contribution < -0.4 is 5.32 Å². The fraction of sp³-hybridized carbons (Fsp3) is 0.417. The van der Waals surface area contributed by atoms with E-state index >= 15 is 0 Å². The molecule has 0 atom stereocenters. The Kier molecular flexibility index (Phi) is 3.52. The molecule has 4 heteroatoms. The summed E-state index contributed by atoms with van der Waals surface area (Å²) in [5, 5.41) is 11.7. The number of benzene rings is 1. The van der Waals surface area contributed by atoms with E-state index in [2.05, 4.69) is 5.32 Å². The summed E-state index contributed by atoms with van der Waals surface area (Å²) in [7, 11) is 0. The Morgan fingerprint density at radius 1 is 1.50 bits per heavy atom. The van der Waals surface area contributed by atoms with E-state index in [1.54, 1.807) is 32.9 Å². The van der Waals surface area contributed by atoms with Gasteiger partial charge in [0.25, 0.3) is 0 Å². The van der Waals surface area contributed by atoms with Crippen LogP contribution in [0.1, 0.15) is 19.4 Å². The van der Waals surface area contributed by atoms with Gasteiger partial charge in [-0.25, -0.2) is 4.39 Å². The van der Waals surface area contributed by atoms with Crippen molar-refractivity contribution in [3.05, 3.63) is 29.6 Å². The molecule has 3 nitrogen and oxygen atoms in total. The van der Waals surface area contributed by atoms with Crippen molar-refractivity contribution in [2.45, 2.75) is 20.8 Å². The number of anilines is 1. The molecule has 0 saturated heterocycles. The van der Waals surface area contributed by atoms with Gasteiger partial charge in [0.2, 0.25) is 0 Å². The monoisotopic (exact) mass is 225 g/mol. The zero-order chi connectivity index (χ0) is 12.3. The van der Waals surface area contributed by atoms with Gasteiger partial charge in [-0.2, -0.15) is 0 Å². The average Bonchev–Trinajstić information content (AvgIpc) is 2.16. The molecule has 0 bridgehead atoms. The molecule has 0 aromatic heterocycles. The predicted octanol–water partition coefficient (Wildman–Crippen LogP) is 2.66. The van der Waals surface area contributed by atoms with Gasteiger partial charge in [0, 0.05) is 6.54 Å². The second-order valence-electron chi connectivity index (χ2n) is 4.53. The molecule has 16 heavy (non-hydrogen) atoms. The number of aryl methyl sites for hydroxylation is 1. The highest BCUT2D eigenvalue weighted by molar-refractivity contribution is 5.74. The second kappa shape index (κ2) is 4.51. The third-order valence-corrected chi connectivity index (χ3v) is 2.42. The maximum absolute atomic E-state index is 13.4. The molecule has 0 fully saturated rings. The molecule has 0 spiro atoms. The SMILES string of the molecule is Cc1ccc(NCC(C)(C)C(=O)O)c(F)c1. The van der Waals surface area contributed by atoms with Gasteiger partial charge in [0.05, 0.1) is 11.1 Å². The molecular weight excluding hydrogens is 209 g/mol. The third-order valence-electron chi connectivity index (χ3n) is 2.42. The maximum atomic E-state index is 13.4. The van der Waals surface area contributed by atoms with Gasteiger partial charge in [-0.1, -0.05) is 6.07 Å². The number of halogens is 1. The minimum atomic E-state index is -0.919. The van der Waals surface area contributed by atoms with Crippen LogP contribution in [0, 0.1) is 18.2 Å². The number of carboxylic acids is 1. The van der Waals surface area contributed by atoms with Crippen molar-refractivity contribution in [1.29, 1.82) is 0 Å². The van der Waals surface area contributed by atoms with Crippen LogP contribution in [-0.4, -0.2) is 17.6 Å². The van der Waals surface area contributed by atoms with Crippen LogP contribution in [0.15, 0.2) is 18.2 Å². The van der Waals surface area contributed by atoms with Crippen LogP contribution in [0.25, 0.3) is 0 Å². The molecule has 0 aliphatic carbocycles. The summed E-state index contributed by atoms with van der Waals surface area (Å²) >= 11 is 0. The lowest BCUT2D eigenvalue weighted by atomic mass is 9.94. The van der Waals surface area contributed by atoms with Crippen molar-refractivity contribution in [3.8, 4) is 0 Å². The van der Waals surface area contributed by atoms with E-state index in [9.17, 15) is 9.18 Å². The topological polar surface area (TPSA) is 49.3 Å². The van der Waals surface area contributed by atoms with Crippen LogP contribution in [-0.2, 0) is 4.79 Å². The number of hydrogen-bond acceptors (Lipinski definition) is 2. The van der Waals surface area contributed by atoms with Gasteiger partial charge in [-0.15, -0.1) is 0 Å². The summed E-state index contributed by atoms with van der Waals surface area (Å²) in [5.74, 6) is -1.27. The predicted molar refractivity (Wildman–Crippen MR) is 61.0 cm³/mol. The molecule has 88 valence electrons. The summed E-state index contributed by atoms with van der Waals surface area (Å²) < 4.78 is 13.4. The lowest BCUT2D eigenvalue weighted by Crippen LogP contribution is -2.31. The van der Waals surface area contributed by atoms with Gasteiger partial charge in [0.1, 0.15) is 5.82 Å². The highest BCUT2D eigenvalue weighted by Gasteiger charge is 2.26. The largest absolute Gasteiger partial charge is 0.481 e. The van der Waals surface area contributed by atoms with Gasteiger partial charge in [0.15, 0.2) is 0 Å². The number of nitrogens with one attached hydrogen (secondary N) is 1. The number of rotatable bonds is 4. The number of carbonyl (C=O) groups is 1. The van der Waals surface area contributed by atoms with Crippen molar-refractivity contribution in [2.24, 2.45) is 5.41 Å². The van der Waals surface area contributed by atoms with Gasteiger partial charge in [-0.05, 0) is 38.5 Å². The first-order chi connectivity index (χ1) is 7.33. The van der Waals surface area contributed by atoms with Gasteiger partial charge in [-0.3, -0.25) is 4.79 Å². The Labute approximate surface area is 94.3 Å². The molecule has 0 heterocycles. The van der Waals surface area contributed by atoms with Crippen molar-refractivity contribution in [2.75, 3.05) is 11.9 Å². The normalized spacial score (nSPS) is 11.2. The van der Waals surface area contributed by atoms with Crippen LogP contribution in [0.4, 0.5) is 10.1 Å². The van der Waals surface area contributed by atoms with E-state index in [-0.39, 0.29) is 12.4 Å². The maximum Gasteiger partial charge on any atom is 0.310 e. The van der Waals surface area contributed by atoms with Crippen molar-refractivity contribution >= 4 is 11.7 Å². The fourth-order valence-electron chi connectivity index (χ4n) is 1.16. The minimum absolute atomic E-state index is 0.183. The summed E-state index contributed by atoms with van der Waals surface area (Å²) in [6.45, 7) is 5.17. The van der Waals surface area contributed by atoms with Crippen LogP contribution in [0.3, 0.4) is 0 Å². The van der Waals surface area contributed by atoms with E-state index in [1.807, 2.05) is 0 Å². The van der Waals surface area contributed by atoms with Crippen LogP contribution in [0.5, 0.6) is 0 Å². The van der Waals surface area contributed by atoms with Crippen LogP contribution >= 0.6 is 0 Å². The standard InChI is InChI=1S/C12H16FNO2/c1-8-4-5-10(9(13)6-8)14-7-12(2,3)11(15)16/h4-6,14H,7H2,1-3H3,(H,15,16). The quantitative estimate of drug-likeness (QED) is 0.828. The summed E-state index contributed by atoms with van der Waals surface area (Å²) in [4.78, 5) is 10.8. The van der Waals surface area contributed by atoms with E-state index in [4.69, 9.17) is 5.11 Å². The smallest absolute Gasteiger partial charge is 0.310 e. The Morgan fingerprint density at radius 2 is 2.12 bits per heavy atom. The summed E-state index contributed by atoms with van der Waals surface area (Å²) in [5.41, 5.74) is 0.248. The lowest BCUT2D eigenvalue weighted by Gasteiger charge is -2.20. The molecule has 0 saturated carbocycles. The molecule has 1 aromatic rings. The van der Waals surface area contributed by atoms with Crippen molar-refractivity contribution in [1.82, 2.24) is 0 Å².